The van der Waals surface area contributed by atoms with Crippen LogP contribution in [0.5, 0.6) is 0 Å². The lowest BCUT2D eigenvalue weighted by molar-refractivity contribution is -0.112. The monoisotopic (exact) mass is 352 g/mol. The average Bonchev–Trinajstić information content (AvgIpc) is 2.45. The standard InChI is InChI=1S/C12H24OSi.C9H16O/c1-6-7-8-9-10-11-12(2)13-14(3,4)5;1-3-4-5-6-7-8-9(2)10/h10-11H,2,6-9H2,1,3-5H3;7-8H,3-6H2,1-2H3/b11-10+;8-7+. The topological polar surface area (TPSA) is 26.3 Å². The molecule has 0 heterocycles. The summed E-state index contributed by atoms with van der Waals surface area (Å²) in [4.78, 5) is 10.4. The van der Waals surface area contributed by atoms with Crippen LogP contribution < -0.4 is 0 Å². The largest absolute Gasteiger partial charge is 0.545 e. The number of allylic oxidation sites excluding steroid dienone is 4. The molecule has 0 aliphatic heterocycles. The van der Waals surface area contributed by atoms with Gasteiger partial charge in [0.25, 0.3) is 0 Å². The second kappa shape index (κ2) is 16.8. The first kappa shape index (κ1) is 25.2. The Bertz CT molecular complexity index is 376. The number of carbonyl (C=O) groups excluding carboxylic acids is 1. The van der Waals surface area contributed by atoms with Gasteiger partial charge < -0.3 is 4.43 Å². The first-order valence-corrected chi connectivity index (χ1v) is 12.8. The summed E-state index contributed by atoms with van der Waals surface area (Å²) in [5.74, 6) is 0.970. The van der Waals surface area contributed by atoms with Crippen LogP contribution in [0, 0.1) is 0 Å². The molecule has 0 bridgehead atoms. The molecule has 0 unspecified atom stereocenters. The fourth-order valence-electron chi connectivity index (χ4n) is 1.92. The van der Waals surface area contributed by atoms with Gasteiger partial charge >= 0.3 is 0 Å². The maximum Gasteiger partial charge on any atom is 0.242 e. The highest BCUT2D eigenvalue weighted by Crippen LogP contribution is 2.10. The molecule has 0 saturated carbocycles. The Morgan fingerprint density at radius 1 is 0.917 bits per heavy atom. The number of ketones is 1. The minimum absolute atomic E-state index is 0.150. The third-order valence-electron chi connectivity index (χ3n) is 3.04. The molecule has 0 aliphatic rings. The Balaban J connectivity index is 0. The van der Waals surface area contributed by atoms with E-state index in [1.165, 1.54) is 38.5 Å². The van der Waals surface area contributed by atoms with Crippen LogP contribution in [0.4, 0.5) is 0 Å². The van der Waals surface area contributed by atoms with E-state index in [2.05, 4.69) is 46.1 Å². The fourth-order valence-corrected chi connectivity index (χ4v) is 2.77. The quantitative estimate of drug-likeness (QED) is 0.122. The third kappa shape index (κ3) is 25.8. The van der Waals surface area contributed by atoms with Crippen LogP contribution in [-0.4, -0.2) is 14.1 Å². The van der Waals surface area contributed by atoms with Crippen molar-refractivity contribution in [3.8, 4) is 0 Å². The predicted octanol–water partition coefficient (Wildman–Crippen LogP) is 7.20. The highest BCUT2D eigenvalue weighted by atomic mass is 28.4. The molecule has 0 radical (unpaired) electrons. The molecule has 0 saturated heterocycles. The van der Waals surface area contributed by atoms with Crippen LogP contribution in [-0.2, 0) is 9.22 Å². The molecule has 0 atom stereocenters. The highest BCUT2D eigenvalue weighted by Gasteiger charge is 2.15. The van der Waals surface area contributed by atoms with E-state index >= 15 is 0 Å². The van der Waals surface area contributed by atoms with Gasteiger partial charge in [-0.2, -0.15) is 0 Å². The Kier molecular flexibility index (Phi) is 17.6. The maximum atomic E-state index is 10.4. The summed E-state index contributed by atoms with van der Waals surface area (Å²) in [7, 11) is -1.45. The SMILES string of the molecule is C=C(/C=C/CCCCC)O[Si](C)(C)C.CCCCC/C=C/C(C)=O. The lowest BCUT2D eigenvalue weighted by atomic mass is 10.2. The molecule has 0 N–H and O–H groups in total. The van der Waals surface area contributed by atoms with Crippen molar-refractivity contribution in [3.05, 3.63) is 36.6 Å². The minimum Gasteiger partial charge on any atom is -0.545 e. The van der Waals surface area contributed by atoms with Crippen LogP contribution in [0.3, 0.4) is 0 Å². The van der Waals surface area contributed by atoms with Gasteiger partial charge in [0.1, 0.15) is 0 Å². The summed E-state index contributed by atoms with van der Waals surface area (Å²) in [5.41, 5.74) is 0. The molecule has 3 heteroatoms. The van der Waals surface area contributed by atoms with Crippen molar-refractivity contribution in [2.75, 3.05) is 0 Å². The third-order valence-corrected chi connectivity index (χ3v) is 3.92. The molecule has 2 nitrogen and oxygen atoms in total. The van der Waals surface area contributed by atoms with Gasteiger partial charge in [-0.3, -0.25) is 4.79 Å². The lowest BCUT2D eigenvalue weighted by Crippen LogP contribution is -2.23. The van der Waals surface area contributed by atoms with E-state index in [0.29, 0.717) is 0 Å². The summed E-state index contributed by atoms with van der Waals surface area (Å²) in [6.07, 6.45) is 17.5. The molecular weight excluding hydrogens is 312 g/mol. The Morgan fingerprint density at radius 3 is 1.75 bits per heavy atom. The summed E-state index contributed by atoms with van der Waals surface area (Å²) in [6.45, 7) is 16.4. The normalized spacial score (nSPS) is 11.4. The van der Waals surface area contributed by atoms with Crippen LogP contribution in [0.25, 0.3) is 0 Å². The second-order valence-electron chi connectivity index (χ2n) is 7.09. The number of carbonyl (C=O) groups is 1. The van der Waals surface area contributed by atoms with Crippen molar-refractivity contribution in [3.63, 3.8) is 0 Å². The first-order valence-electron chi connectivity index (χ1n) is 9.44. The van der Waals surface area contributed by atoms with Crippen LogP contribution in [0.1, 0.15) is 72.1 Å². The zero-order valence-corrected chi connectivity index (χ0v) is 18.0. The van der Waals surface area contributed by atoms with E-state index in [0.717, 1.165) is 18.6 Å². The predicted molar refractivity (Wildman–Crippen MR) is 111 cm³/mol. The molecule has 0 spiro atoms. The van der Waals surface area contributed by atoms with Crippen molar-refractivity contribution in [1.82, 2.24) is 0 Å². The van der Waals surface area contributed by atoms with Crippen molar-refractivity contribution in [1.29, 1.82) is 0 Å². The molecule has 0 aromatic heterocycles. The Hall–Kier alpha value is -1.09. The molecule has 140 valence electrons. The Morgan fingerprint density at radius 2 is 1.38 bits per heavy atom. The average molecular weight is 353 g/mol. The summed E-state index contributed by atoms with van der Waals surface area (Å²) in [6, 6.07) is 0. The molecule has 0 amide bonds. The zero-order chi connectivity index (χ0) is 18.8. The summed E-state index contributed by atoms with van der Waals surface area (Å²) in [5, 5.41) is 0. The summed E-state index contributed by atoms with van der Waals surface area (Å²) >= 11 is 0. The van der Waals surface area contributed by atoms with E-state index in [1.807, 2.05) is 12.2 Å². The molecule has 0 fully saturated rings. The summed E-state index contributed by atoms with van der Waals surface area (Å²) < 4.78 is 5.70. The smallest absolute Gasteiger partial charge is 0.242 e. The van der Waals surface area contributed by atoms with Gasteiger partial charge in [-0.1, -0.05) is 58.3 Å². The van der Waals surface area contributed by atoms with Gasteiger partial charge in [0.15, 0.2) is 5.78 Å². The molecule has 24 heavy (non-hydrogen) atoms. The van der Waals surface area contributed by atoms with Crippen LogP contribution in [0.2, 0.25) is 19.6 Å². The van der Waals surface area contributed by atoms with Crippen LogP contribution in [0.15, 0.2) is 36.6 Å². The maximum absolute atomic E-state index is 10.4. The van der Waals surface area contributed by atoms with Gasteiger partial charge in [-0.15, -0.1) is 0 Å². The van der Waals surface area contributed by atoms with Gasteiger partial charge in [-0.05, 0) is 64.4 Å². The molecule has 0 aromatic carbocycles. The minimum atomic E-state index is -1.45. The van der Waals surface area contributed by atoms with Crippen molar-refractivity contribution in [2.45, 2.75) is 91.8 Å². The number of rotatable bonds is 12. The number of unbranched alkanes of at least 4 members (excludes halogenated alkanes) is 6. The van der Waals surface area contributed by atoms with E-state index < -0.39 is 8.32 Å². The van der Waals surface area contributed by atoms with Gasteiger partial charge in [0.2, 0.25) is 8.32 Å². The van der Waals surface area contributed by atoms with Gasteiger partial charge in [0, 0.05) is 0 Å². The van der Waals surface area contributed by atoms with Crippen LogP contribution >= 0.6 is 0 Å². The first-order chi connectivity index (χ1) is 11.2. The second-order valence-corrected chi connectivity index (χ2v) is 11.5. The molecule has 0 rings (SSSR count). The fraction of sp³-hybridized carbons (Fsp3) is 0.667. The van der Waals surface area contributed by atoms with Crippen molar-refractivity contribution < 1.29 is 9.22 Å². The van der Waals surface area contributed by atoms with E-state index in [-0.39, 0.29) is 5.78 Å². The zero-order valence-electron chi connectivity index (χ0n) is 17.0. The van der Waals surface area contributed by atoms with Gasteiger partial charge in [-0.25, -0.2) is 0 Å². The van der Waals surface area contributed by atoms with Crippen molar-refractivity contribution in [2.24, 2.45) is 0 Å². The van der Waals surface area contributed by atoms with E-state index in [9.17, 15) is 4.79 Å². The molecular formula is C21H40O2Si. The number of hydrogen-bond donors (Lipinski definition) is 0. The van der Waals surface area contributed by atoms with E-state index in [1.54, 1.807) is 13.0 Å². The Labute approximate surface area is 152 Å². The van der Waals surface area contributed by atoms with Crippen molar-refractivity contribution >= 4 is 14.1 Å². The molecule has 0 aromatic rings. The lowest BCUT2D eigenvalue weighted by Gasteiger charge is -2.18. The highest BCUT2D eigenvalue weighted by molar-refractivity contribution is 6.70. The number of hydrogen-bond acceptors (Lipinski definition) is 2. The molecule has 0 aliphatic carbocycles. The van der Waals surface area contributed by atoms with Gasteiger partial charge in [0.05, 0.1) is 5.76 Å². The van der Waals surface area contributed by atoms with E-state index in [4.69, 9.17) is 4.43 Å².